The fourth-order valence-electron chi connectivity index (χ4n) is 4.56. The van der Waals surface area contributed by atoms with Crippen LogP contribution in [0.1, 0.15) is 30.4 Å². The van der Waals surface area contributed by atoms with Crippen LogP contribution in [0.15, 0.2) is 63.8 Å². The molecule has 34 heavy (non-hydrogen) atoms. The zero-order valence-corrected chi connectivity index (χ0v) is 18.9. The summed E-state index contributed by atoms with van der Waals surface area (Å²) in [6, 6.07) is 15.6. The van der Waals surface area contributed by atoms with Crippen LogP contribution in [0.4, 0.5) is 0 Å². The summed E-state index contributed by atoms with van der Waals surface area (Å²) < 4.78 is 11.1. The van der Waals surface area contributed by atoms with Crippen LogP contribution in [0, 0.1) is 0 Å². The van der Waals surface area contributed by atoms with E-state index in [4.69, 9.17) is 14.0 Å². The van der Waals surface area contributed by atoms with Crippen molar-refractivity contribution in [2.24, 2.45) is 0 Å². The van der Waals surface area contributed by atoms with Crippen LogP contribution in [-0.2, 0) is 9.57 Å². The molecule has 1 aliphatic rings. The van der Waals surface area contributed by atoms with Crippen molar-refractivity contribution in [3.05, 3.63) is 76.1 Å². The van der Waals surface area contributed by atoms with Gasteiger partial charge in [-0.05, 0) is 31.0 Å². The minimum Gasteiger partial charge on any atom is -0.507 e. The first-order chi connectivity index (χ1) is 16.3. The quantitative estimate of drug-likeness (QED) is 0.300. The Morgan fingerprint density at radius 2 is 1.74 bits per heavy atom. The van der Waals surface area contributed by atoms with E-state index in [9.17, 15) is 25.2 Å². The molecule has 0 bridgehead atoms. The Morgan fingerprint density at radius 3 is 2.44 bits per heavy atom. The number of aliphatic hydroxyl groups is 3. The first kappa shape index (κ1) is 24.3. The van der Waals surface area contributed by atoms with E-state index in [0.717, 1.165) is 5.56 Å². The maximum absolute atomic E-state index is 13.0. The lowest BCUT2D eigenvalue weighted by Crippen LogP contribution is -2.60. The molecule has 182 valence electrons. The molecule has 9 nitrogen and oxygen atoms in total. The maximum Gasteiger partial charge on any atom is 0.343 e. The summed E-state index contributed by atoms with van der Waals surface area (Å²) in [5, 5.41) is 43.3. The van der Waals surface area contributed by atoms with Crippen LogP contribution in [0.3, 0.4) is 0 Å². The Kier molecular flexibility index (Phi) is 7.32. The summed E-state index contributed by atoms with van der Waals surface area (Å²) in [7, 11) is 1.41. The highest BCUT2D eigenvalue weighted by atomic mass is 16.7. The molecule has 1 aromatic heterocycles. The van der Waals surface area contributed by atoms with Gasteiger partial charge in [0.25, 0.3) is 0 Å². The number of rotatable bonds is 7. The van der Waals surface area contributed by atoms with E-state index in [-0.39, 0.29) is 24.3 Å². The lowest BCUT2D eigenvalue weighted by molar-refractivity contribution is -0.318. The van der Waals surface area contributed by atoms with Gasteiger partial charge in [-0.2, -0.15) is 5.06 Å². The van der Waals surface area contributed by atoms with Crippen molar-refractivity contribution in [2.45, 2.75) is 49.8 Å². The van der Waals surface area contributed by atoms with Crippen LogP contribution in [-0.4, -0.2) is 69.8 Å². The van der Waals surface area contributed by atoms with Crippen molar-refractivity contribution in [3.63, 3.8) is 0 Å². The number of hydrogen-bond donors (Lipinski definition) is 4. The van der Waals surface area contributed by atoms with Crippen LogP contribution < -0.4 is 5.63 Å². The van der Waals surface area contributed by atoms with Gasteiger partial charge in [0.2, 0.25) is 0 Å². The molecule has 2 aromatic carbocycles. The van der Waals surface area contributed by atoms with Crippen LogP contribution >= 0.6 is 0 Å². The van der Waals surface area contributed by atoms with E-state index in [1.165, 1.54) is 12.2 Å². The van der Waals surface area contributed by atoms with Gasteiger partial charge in [0.1, 0.15) is 29.6 Å². The van der Waals surface area contributed by atoms with Gasteiger partial charge in [-0.1, -0.05) is 42.5 Å². The molecule has 0 amide bonds. The van der Waals surface area contributed by atoms with Crippen molar-refractivity contribution < 1.29 is 34.4 Å². The summed E-state index contributed by atoms with van der Waals surface area (Å²) in [5.41, 5.74) is 0.546. The highest BCUT2D eigenvalue weighted by Gasteiger charge is 2.43. The van der Waals surface area contributed by atoms with Crippen LogP contribution in [0.5, 0.6) is 5.75 Å². The third-order valence-electron chi connectivity index (χ3n) is 6.32. The molecule has 0 radical (unpaired) electrons. The van der Waals surface area contributed by atoms with Crippen LogP contribution in [0.25, 0.3) is 11.0 Å². The Balaban J connectivity index is 1.72. The average Bonchev–Trinajstić information content (AvgIpc) is 2.84. The molecule has 9 heteroatoms. The van der Waals surface area contributed by atoms with E-state index >= 15 is 0 Å². The number of hydroxylamine groups is 2. The summed E-state index contributed by atoms with van der Waals surface area (Å²) in [6.07, 6.45) is -4.79. The topological polar surface area (TPSA) is 133 Å². The Morgan fingerprint density at radius 1 is 1.06 bits per heavy atom. The van der Waals surface area contributed by atoms with E-state index in [0.29, 0.717) is 11.0 Å². The third-order valence-corrected chi connectivity index (χ3v) is 6.32. The molecule has 0 spiro atoms. The molecular formula is C25H29NO8. The average molecular weight is 472 g/mol. The van der Waals surface area contributed by atoms with Gasteiger partial charge in [0, 0.05) is 12.0 Å². The van der Waals surface area contributed by atoms with Crippen LogP contribution in [0.2, 0.25) is 0 Å². The van der Waals surface area contributed by atoms with Gasteiger partial charge in [-0.15, -0.1) is 0 Å². The number of hydrogen-bond acceptors (Lipinski definition) is 9. The van der Waals surface area contributed by atoms with Gasteiger partial charge < -0.3 is 29.6 Å². The highest BCUT2D eigenvalue weighted by Crippen LogP contribution is 2.38. The number of nitrogens with zero attached hydrogens (tertiary/aromatic N) is 1. The number of benzene rings is 2. The number of aliphatic hydroxyl groups excluding tert-OH is 3. The van der Waals surface area contributed by atoms with Crippen molar-refractivity contribution in [2.75, 3.05) is 13.7 Å². The SMILES string of the molecule is CON(C(C)CC(c1ccccc1)c1c(O)c2ccccc2oc1=O)C1OC[C@H](O)[C@@H](O)[C@@H]1O. The molecule has 1 aliphatic heterocycles. The lowest BCUT2D eigenvalue weighted by Gasteiger charge is -2.42. The molecule has 0 saturated carbocycles. The summed E-state index contributed by atoms with van der Waals surface area (Å²) >= 11 is 0. The second kappa shape index (κ2) is 10.2. The molecule has 4 N–H and O–H groups in total. The number of ether oxygens (including phenoxy) is 1. The smallest absolute Gasteiger partial charge is 0.343 e. The Labute approximate surface area is 196 Å². The van der Waals surface area contributed by atoms with Crippen molar-refractivity contribution >= 4 is 11.0 Å². The van der Waals surface area contributed by atoms with Gasteiger partial charge in [0.15, 0.2) is 6.23 Å². The predicted molar refractivity (Wildman–Crippen MR) is 123 cm³/mol. The Hall–Kier alpha value is -2.79. The van der Waals surface area contributed by atoms with Crippen molar-refractivity contribution in [3.8, 4) is 5.75 Å². The summed E-state index contributed by atoms with van der Waals surface area (Å²) in [6.45, 7) is 1.64. The first-order valence-electron chi connectivity index (χ1n) is 11.1. The zero-order valence-electron chi connectivity index (χ0n) is 18.9. The van der Waals surface area contributed by atoms with Gasteiger partial charge in [0.05, 0.1) is 24.7 Å². The Bertz CT molecular complexity index is 1170. The fraction of sp³-hybridized carbons (Fsp3) is 0.400. The van der Waals surface area contributed by atoms with Gasteiger partial charge in [-0.3, -0.25) is 4.84 Å². The largest absolute Gasteiger partial charge is 0.507 e. The molecule has 3 unspecified atom stereocenters. The minimum atomic E-state index is -1.42. The molecule has 4 rings (SSSR count). The summed E-state index contributed by atoms with van der Waals surface area (Å²) in [5.74, 6) is -0.727. The van der Waals surface area contributed by atoms with E-state index in [2.05, 4.69) is 0 Å². The molecule has 6 atom stereocenters. The van der Waals surface area contributed by atoms with Crippen molar-refractivity contribution in [1.82, 2.24) is 5.06 Å². The minimum absolute atomic E-state index is 0.119. The van der Waals surface area contributed by atoms with Gasteiger partial charge >= 0.3 is 5.63 Å². The fourth-order valence-corrected chi connectivity index (χ4v) is 4.56. The molecule has 3 aromatic rings. The standard InChI is InChI=1S/C25H29NO8/c1-14(26(32-2)24-23(30)22(29)18(27)13-33-24)12-17(15-8-4-3-5-9-15)20-21(28)16-10-6-7-11-19(16)34-25(20)31/h3-11,14,17-18,22-24,27-30H,12-13H2,1-2H3/t14?,17?,18-,22+,23-,24?/m0/s1. The van der Waals surface area contributed by atoms with E-state index in [1.807, 2.05) is 37.3 Å². The maximum atomic E-state index is 13.0. The summed E-state index contributed by atoms with van der Waals surface area (Å²) in [4.78, 5) is 18.5. The van der Waals surface area contributed by atoms with E-state index in [1.54, 1.807) is 24.3 Å². The molecule has 2 heterocycles. The molecule has 1 saturated heterocycles. The second-order valence-electron chi connectivity index (χ2n) is 8.51. The number of para-hydroxylation sites is 1. The molecule has 0 aliphatic carbocycles. The van der Waals surface area contributed by atoms with E-state index < -0.39 is 42.1 Å². The zero-order chi connectivity index (χ0) is 24.4. The molecule has 1 fully saturated rings. The highest BCUT2D eigenvalue weighted by molar-refractivity contribution is 5.84. The third kappa shape index (κ3) is 4.58. The molecular weight excluding hydrogens is 442 g/mol. The second-order valence-corrected chi connectivity index (χ2v) is 8.51. The predicted octanol–water partition coefficient (Wildman–Crippen LogP) is 1.71. The van der Waals surface area contributed by atoms with Crippen molar-refractivity contribution in [1.29, 1.82) is 0 Å². The first-order valence-corrected chi connectivity index (χ1v) is 11.1. The lowest BCUT2D eigenvalue weighted by atomic mass is 9.85. The number of aromatic hydroxyl groups is 1. The normalized spacial score (nSPS) is 24.9. The number of fused-ring (bicyclic) bond motifs is 1. The van der Waals surface area contributed by atoms with Gasteiger partial charge in [-0.25, -0.2) is 4.79 Å². The monoisotopic (exact) mass is 471 g/mol.